The van der Waals surface area contributed by atoms with E-state index < -0.39 is 0 Å². The van der Waals surface area contributed by atoms with Crippen LogP contribution in [0.1, 0.15) is 6.42 Å². The number of aromatic nitrogens is 1. The van der Waals surface area contributed by atoms with Gasteiger partial charge in [0.15, 0.2) is 0 Å². The van der Waals surface area contributed by atoms with E-state index in [1.165, 1.54) is 0 Å². The van der Waals surface area contributed by atoms with Crippen LogP contribution in [0.2, 0.25) is 0 Å². The van der Waals surface area contributed by atoms with Crippen molar-refractivity contribution in [2.24, 2.45) is 0 Å². The second kappa shape index (κ2) is 4.59. The highest BCUT2D eigenvalue weighted by molar-refractivity contribution is 5.57. The molecular weight excluding hydrogens is 216 g/mol. The molecule has 0 aliphatic carbocycles. The molecule has 1 aliphatic rings. The van der Waals surface area contributed by atoms with Gasteiger partial charge in [0, 0.05) is 18.2 Å². The monoisotopic (exact) mass is 230 g/mol. The molecule has 2 aromatic heterocycles. The van der Waals surface area contributed by atoms with Gasteiger partial charge in [-0.1, -0.05) is 6.07 Å². The zero-order valence-corrected chi connectivity index (χ0v) is 9.43. The number of nitrogens with zero attached hydrogens (tertiary/aromatic N) is 1. The number of furan rings is 1. The maximum atomic E-state index is 5.81. The lowest BCUT2D eigenvalue weighted by atomic mass is 10.2. The van der Waals surface area contributed by atoms with Gasteiger partial charge in [0.2, 0.25) is 5.88 Å². The van der Waals surface area contributed by atoms with E-state index in [9.17, 15) is 0 Å². The van der Waals surface area contributed by atoms with Crippen LogP contribution >= 0.6 is 0 Å². The van der Waals surface area contributed by atoms with E-state index in [1.54, 1.807) is 12.5 Å². The first-order valence-corrected chi connectivity index (χ1v) is 5.79. The number of hydrogen-bond donors (Lipinski definition) is 1. The number of rotatable bonds is 3. The zero-order chi connectivity index (χ0) is 11.5. The van der Waals surface area contributed by atoms with Crippen molar-refractivity contribution in [1.82, 2.24) is 10.3 Å². The molecule has 1 unspecified atom stereocenters. The molecule has 1 aliphatic heterocycles. The second-order valence-corrected chi connectivity index (χ2v) is 4.11. The summed E-state index contributed by atoms with van der Waals surface area (Å²) in [6, 6.07) is 7.68. The molecule has 1 saturated heterocycles. The largest absolute Gasteiger partial charge is 0.473 e. The smallest absolute Gasteiger partial charge is 0.214 e. The number of hydrogen-bond acceptors (Lipinski definition) is 4. The fourth-order valence-electron chi connectivity index (χ4n) is 1.95. The molecule has 0 aromatic carbocycles. The summed E-state index contributed by atoms with van der Waals surface area (Å²) >= 11 is 0. The minimum absolute atomic E-state index is 0.238. The first-order valence-electron chi connectivity index (χ1n) is 5.79. The quantitative estimate of drug-likeness (QED) is 0.877. The van der Waals surface area contributed by atoms with Gasteiger partial charge >= 0.3 is 0 Å². The Labute approximate surface area is 99.6 Å². The lowest BCUT2D eigenvalue weighted by Gasteiger charge is -2.11. The topological polar surface area (TPSA) is 47.3 Å². The predicted octanol–water partition coefficient (Wildman–Crippen LogP) is 2.08. The van der Waals surface area contributed by atoms with E-state index in [-0.39, 0.29) is 6.10 Å². The fourth-order valence-corrected chi connectivity index (χ4v) is 1.95. The Morgan fingerprint density at radius 1 is 1.35 bits per heavy atom. The van der Waals surface area contributed by atoms with Crippen LogP contribution in [0, 0.1) is 0 Å². The zero-order valence-electron chi connectivity index (χ0n) is 9.43. The summed E-state index contributed by atoms with van der Waals surface area (Å²) in [5.74, 6) is 0.678. The third-order valence-electron chi connectivity index (χ3n) is 2.84. The summed E-state index contributed by atoms with van der Waals surface area (Å²) in [6.45, 7) is 1.92. The van der Waals surface area contributed by atoms with Crippen molar-refractivity contribution in [1.29, 1.82) is 0 Å². The Kier molecular flexibility index (Phi) is 2.80. The molecule has 1 fully saturated rings. The van der Waals surface area contributed by atoms with Crippen molar-refractivity contribution in [3.63, 3.8) is 0 Å². The summed E-state index contributed by atoms with van der Waals surface area (Å²) in [4.78, 5) is 4.47. The van der Waals surface area contributed by atoms with Gasteiger partial charge in [-0.05, 0) is 25.1 Å². The molecule has 17 heavy (non-hydrogen) atoms. The molecule has 3 rings (SSSR count). The third-order valence-corrected chi connectivity index (χ3v) is 2.84. The van der Waals surface area contributed by atoms with Crippen molar-refractivity contribution in [2.75, 3.05) is 13.1 Å². The molecular formula is C13H14N2O2. The van der Waals surface area contributed by atoms with Crippen molar-refractivity contribution in [2.45, 2.75) is 12.5 Å². The number of nitrogens with one attached hydrogen (secondary N) is 1. The van der Waals surface area contributed by atoms with E-state index in [0.717, 1.165) is 30.8 Å². The summed E-state index contributed by atoms with van der Waals surface area (Å²) in [7, 11) is 0. The van der Waals surface area contributed by atoms with Crippen LogP contribution in [0.3, 0.4) is 0 Å². The summed E-state index contributed by atoms with van der Waals surface area (Å²) in [6.07, 6.45) is 4.61. The molecule has 0 bridgehead atoms. The van der Waals surface area contributed by atoms with Crippen molar-refractivity contribution in [3.8, 4) is 17.1 Å². The first kappa shape index (κ1) is 10.4. The predicted molar refractivity (Wildman–Crippen MR) is 63.8 cm³/mol. The number of pyridine rings is 1. The van der Waals surface area contributed by atoms with Crippen LogP contribution in [0.15, 0.2) is 41.2 Å². The van der Waals surface area contributed by atoms with Crippen LogP contribution in [-0.2, 0) is 0 Å². The molecule has 0 saturated carbocycles. The van der Waals surface area contributed by atoms with Crippen LogP contribution in [0.5, 0.6) is 5.88 Å². The highest BCUT2D eigenvalue weighted by atomic mass is 16.5. The molecule has 1 N–H and O–H groups in total. The third kappa shape index (κ3) is 2.31. The van der Waals surface area contributed by atoms with Crippen LogP contribution in [0.4, 0.5) is 0 Å². The maximum Gasteiger partial charge on any atom is 0.214 e. The average molecular weight is 230 g/mol. The normalized spacial score (nSPS) is 19.4. The van der Waals surface area contributed by atoms with Gasteiger partial charge < -0.3 is 14.5 Å². The Hall–Kier alpha value is -1.81. The SMILES string of the molecule is c1cc(OC2CCNC2)nc(-c2ccoc2)c1. The van der Waals surface area contributed by atoms with Gasteiger partial charge in [0.1, 0.15) is 6.10 Å². The minimum atomic E-state index is 0.238. The highest BCUT2D eigenvalue weighted by Crippen LogP contribution is 2.21. The molecule has 2 aromatic rings. The van der Waals surface area contributed by atoms with Gasteiger partial charge in [-0.25, -0.2) is 4.98 Å². The molecule has 1 atom stereocenters. The summed E-state index contributed by atoms with van der Waals surface area (Å²) in [5, 5.41) is 3.27. The van der Waals surface area contributed by atoms with Gasteiger partial charge in [0.05, 0.1) is 18.2 Å². The molecule has 3 heterocycles. The Morgan fingerprint density at radius 3 is 3.12 bits per heavy atom. The van der Waals surface area contributed by atoms with E-state index in [4.69, 9.17) is 9.15 Å². The Balaban J connectivity index is 1.79. The highest BCUT2D eigenvalue weighted by Gasteiger charge is 2.16. The minimum Gasteiger partial charge on any atom is -0.473 e. The van der Waals surface area contributed by atoms with Crippen LogP contribution < -0.4 is 10.1 Å². The fraction of sp³-hybridized carbons (Fsp3) is 0.308. The van der Waals surface area contributed by atoms with Crippen molar-refractivity contribution in [3.05, 3.63) is 36.8 Å². The number of ether oxygens (including phenoxy) is 1. The molecule has 4 nitrogen and oxygen atoms in total. The van der Waals surface area contributed by atoms with Crippen molar-refractivity contribution >= 4 is 0 Å². The van der Waals surface area contributed by atoms with Gasteiger partial charge in [-0.2, -0.15) is 0 Å². The first-order chi connectivity index (χ1) is 8.42. The van der Waals surface area contributed by atoms with Gasteiger partial charge in [-0.15, -0.1) is 0 Å². The van der Waals surface area contributed by atoms with Crippen molar-refractivity contribution < 1.29 is 9.15 Å². The average Bonchev–Trinajstić information content (AvgIpc) is 3.01. The molecule has 0 radical (unpaired) electrons. The van der Waals surface area contributed by atoms with E-state index >= 15 is 0 Å². The van der Waals surface area contributed by atoms with Crippen LogP contribution in [0.25, 0.3) is 11.3 Å². The standard InChI is InChI=1S/C13H14N2O2/c1-2-12(10-5-7-16-9-10)15-13(3-1)17-11-4-6-14-8-11/h1-3,5,7,9,11,14H,4,6,8H2. The van der Waals surface area contributed by atoms with E-state index in [2.05, 4.69) is 10.3 Å². The summed E-state index contributed by atoms with van der Waals surface area (Å²) in [5.41, 5.74) is 1.85. The second-order valence-electron chi connectivity index (χ2n) is 4.11. The van der Waals surface area contributed by atoms with Crippen LogP contribution in [-0.4, -0.2) is 24.2 Å². The Morgan fingerprint density at radius 2 is 2.35 bits per heavy atom. The lowest BCUT2D eigenvalue weighted by molar-refractivity contribution is 0.214. The summed E-state index contributed by atoms with van der Waals surface area (Å²) < 4.78 is 10.9. The lowest BCUT2D eigenvalue weighted by Crippen LogP contribution is -2.20. The molecule has 0 spiro atoms. The van der Waals surface area contributed by atoms with E-state index in [1.807, 2.05) is 24.3 Å². The molecule has 88 valence electrons. The van der Waals surface area contributed by atoms with Gasteiger partial charge in [-0.3, -0.25) is 0 Å². The Bertz CT molecular complexity index is 476. The molecule has 0 amide bonds. The maximum absolute atomic E-state index is 5.81. The molecule has 4 heteroatoms. The van der Waals surface area contributed by atoms with Gasteiger partial charge in [0.25, 0.3) is 0 Å². The van der Waals surface area contributed by atoms with E-state index in [0.29, 0.717) is 5.88 Å².